The Morgan fingerprint density at radius 1 is 1.19 bits per heavy atom. The largest absolute Gasteiger partial charge is 0.350 e. The zero-order chi connectivity index (χ0) is 22.7. The highest BCUT2D eigenvalue weighted by molar-refractivity contribution is 9.10. The molecule has 0 aliphatic carbocycles. The van der Waals surface area contributed by atoms with E-state index in [2.05, 4.69) is 31.3 Å². The van der Waals surface area contributed by atoms with Gasteiger partial charge in [0.15, 0.2) is 5.65 Å². The van der Waals surface area contributed by atoms with Crippen molar-refractivity contribution in [3.05, 3.63) is 97.1 Å². The van der Waals surface area contributed by atoms with Gasteiger partial charge >= 0.3 is 0 Å². The Kier molecular flexibility index (Phi) is 6.08. The number of nitro benzene ring substituents is 1. The summed E-state index contributed by atoms with van der Waals surface area (Å²) in [5.41, 5.74) is 1.21. The quantitative estimate of drug-likeness (QED) is 0.309. The molecule has 0 radical (unpaired) electrons. The molecular formula is C21H17BrN6O4. The van der Waals surface area contributed by atoms with Gasteiger partial charge in [-0.25, -0.2) is 9.67 Å². The molecule has 0 unspecified atom stereocenters. The molecule has 0 atom stereocenters. The average molecular weight is 497 g/mol. The number of hydrogen-bond acceptors (Lipinski definition) is 6. The summed E-state index contributed by atoms with van der Waals surface area (Å²) in [7, 11) is 0. The van der Waals surface area contributed by atoms with Crippen LogP contribution >= 0.6 is 15.9 Å². The number of hydrogen-bond donors (Lipinski definition) is 1. The number of nitrogens with zero attached hydrogens (tertiary/aromatic N) is 5. The summed E-state index contributed by atoms with van der Waals surface area (Å²) in [4.78, 5) is 40.0. The van der Waals surface area contributed by atoms with Gasteiger partial charge in [-0.05, 0) is 33.6 Å². The highest BCUT2D eigenvalue weighted by atomic mass is 79.9. The van der Waals surface area contributed by atoms with Crippen LogP contribution < -0.4 is 10.9 Å². The van der Waals surface area contributed by atoms with Crippen LogP contribution in [-0.2, 0) is 13.1 Å². The first-order valence-corrected chi connectivity index (χ1v) is 10.4. The number of benzene rings is 2. The van der Waals surface area contributed by atoms with Gasteiger partial charge in [-0.15, -0.1) is 0 Å². The van der Waals surface area contributed by atoms with Crippen molar-refractivity contribution < 1.29 is 9.72 Å². The van der Waals surface area contributed by atoms with E-state index in [-0.39, 0.29) is 23.7 Å². The van der Waals surface area contributed by atoms with Gasteiger partial charge in [-0.1, -0.05) is 24.3 Å². The molecule has 2 aromatic carbocycles. The fourth-order valence-electron chi connectivity index (χ4n) is 3.25. The van der Waals surface area contributed by atoms with Gasteiger partial charge in [0.2, 0.25) is 0 Å². The number of nitrogens with one attached hydrogen (secondary N) is 1. The van der Waals surface area contributed by atoms with Crippen molar-refractivity contribution in [2.24, 2.45) is 0 Å². The van der Waals surface area contributed by atoms with Crippen molar-refractivity contribution in [3.8, 4) is 0 Å². The zero-order valence-corrected chi connectivity index (χ0v) is 18.2. The smallest absolute Gasteiger partial charge is 0.269 e. The predicted octanol–water partition coefficient (Wildman–Crippen LogP) is 2.74. The number of amides is 1. The fourth-order valence-corrected chi connectivity index (χ4v) is 3.72. The molecule has 11 heteroatoms. The number of carbonyl (C=O) groups is 1. The molecule has 32 heavy (non-hydrogen) atoms. The Morgan fingerprint density at radius 2 is 2.00 bits per heavy atom. The Morgan fingerprint density at radius 3 is 2.78 bits per heavy atom. The van der Waals surface area contributed by atoms with Gasteiger partial charge in [0.1, 0.15) is 11.7 Å². The molecule has 0 saturated heterocycles. The van der Waals surface area contributed by atoms with Crippen molar-refractivity contribution in [1.29, 1.82) is 0 Å². The Balaban J connectivity index is 1.48. The summed E-state index contributed by atoms with van der Waals surface area (Å²) in [5, 5.41) is 18.3. The van der Waals surface area contributed by atoms with E-state index in [1.807, 2.05) is 6.07 Å². The molecule has 0 aliphatic rings. The molecule has 10 nitrogen and oxygen atoms in total. The maximum absolute atomic E-state index is 12.8. The van der Waals surface area contributed by atoms with Gasteiger partial charge in [0.05, 0.1) is 29.8 Å². The number of rotatable bonds is 7. The second kappa shape index (κ2) is 9.10. The summed E-state index contributed by atoms with van der Waals surface area (Å²) < 4.78 is 3.63. The number of aromatic nitrogens is 4. The van der Waals surface area contributed by atoms with Crippen LogP contribution in [0.25, 0.3) is 11.0 Å². The topological polar surface area (TPSA) is 125 Å². The summed E-state index contributed by atoms with van der Waals surface area (Å²) in [6, 6.07) is 13.2. The number of halogens is 1. The lowest BCUT2D eigenvalue weighted by Gasteiger charge is -2.08. The van der Waals surface area contributed by atoms with Crippen LogP contribution in [0.2, 0.25) is 0 Å². The molecule has 0 saturated carbocycles. The minimum absolute atomic E-state index is 0.0398. The lowest BCUT2D eigenvalue weighted by Crippen LogP contribution is -2.28. The molecule has 1 amide bonds. The molecule has 0 bridgehead atoms. The molecule has 0 aliphatic heterocycles. The normalized spacial score (nSPS) is 10.9. The van der Waals surface area contributed by atoms with E-state index in [0.717, 1.165) is 0 Å². The second-order valence-electron chi connectivity index (χ2n) is 6.95. The summed E-state index contributed by atoms with van der Waals surface area (Å²) in [6.07, 6.45) is 2.82. The van der Waals surface area contributed by atoms with E-state index in [1.54, 1.807) is 35.0 Å². The first-order chi connectivity index (χ1) is 15.4. The Hall–Kier alpha value is -3.86. The fraction of sp³-hybridized carbons (Fsp3) is 0.143. The van der Waals surface area contributed by atoms with Crippen LogP contribution in [0, 0.1) is 10.1 Å². The molecule has 4 rings (SSSR count). The maximum Gasteiger partial charge on any atom is 0.269 e. The maximum atomic E-state index is 12.8. The highest BCUT2D eigenvalue weighted by Gasteiger charge is 2.13. The van der Waals surface area contributed by atoms with E-state index >= 15 is 0 Å². The van der Waals surface area contributed by atoms with Gasteiger partial charge < -0.3 is 5.32 Å². The molecule has 0 spiro atoms. The van der Waals surface area contributed by atoms with Crippen LogP contribution in [0.15, 0.2) is 70.3 Å². The van der Waals surface area contributed by atoms with Gasteiger partial charge in [-0.2, -0.15) is 5.10 Å². The lowest BCUT2D eigenvalue weighted by molar-refractivity contribution is -0.384. The van der Waals surface area contributed by atoms with Crippen molar-refractivity contribution in [2.45, 2.75) is 13.1 Å². The van der Waals surface area contributed by atoms with E-state index in [1.165, 1.54) is 29.2 Å². The van der Waals surface area contributed by atoms with Crippen LogP contribution in [0.3, 0.4) is 0 Å². The standard InChI is InChI=1S/C21H17BrN6O4/c22-18-7-2-1-6-16(18)20(29)23-8-9-27-19-17(11-25-27)21(30)26(13-24-19)12-14-4-3-5-15(10-14)28(31)32/h1-7,10-11,13H,8-9,12H2,(H,23,29). The van der Waals surface area contributed by atoms with E-state index in [4.69, 9.17) is 0 Å². The van der Waals surface area contributed by atoms with Gasteiger partial charge in [0, 0.05) is 23.2 Å². The van der Waals surface area contributed by atoms with Crippen molar-refractivity contribution >= 4 is 38.6 Å². The number of fused-ring (bicyclic) bond motifs is 1. The Labute approximate surface area is 189 Å². The zero-order valence-electron chi connectivity index (χ0n) is 16.6. The summed E-state index contributed by atoms with van der Waals surface area (Å²) >= 11 is 3.35. The predicted molar refractivity (Wildman–Crippen MR) is 120 cm³/mol. The number of carbonyl (C=O) groups excluding carboxylic acids is 1. The van der Waals surface area contributed by atoms with E-state index < -0.39 is 4.92 Å². The summed E-state index contributed by atoms with van der Waals surface area (Å²) in [5.74, 6) is -0.221. The minimum Gasteiger partial charge on any atom is -0.350 e. The Bertz CT molecular complexity index is 1380. The molecule has 1 N–H and O–H groups in total. The summed E-state index contributed by atoms with van der Waals surface area (Å²) in [6.45, 7) is 0.785. The monoisotopic (exact) mass is 496 g/mol. The van der Waals surface area contributed by atoms with Crippen LogP contribution in [0.4, 0.5) is 5.69 Å². The number of non-ortho nitro benzene ring substituents is 1. The molecule has 4 aromatic rings. The third kappa shape index (κ3) is 4.42. The van der Waals surface area contributed by atoms with Crippen LogP contribution in [-0.4, -0.2) is 36.7 Å². The van der Waals surface area contributed by atoms with E-state index in [0.29, 0.717) is 39.7 Å². The highest BCUT2D eigenvalue weighted by Crippen LogP contribution is 2.16. The van der Waals surface area contributed by atoms with Crippen LogP contribution in [0.5, 0.6) is 0 Å². The molecule has 2 heterocycles. The molecule has 2 aromatic heterocycles. The first-order valence-electron chi connectivity index (χ1n) is 9.61. The molecular weight excluding hydrogens is 480 g/mol. The van der Waals surface area contributed by atoms with Gasteiger partial charge in [-0.3, -0.25) is 24.3 Å². The van der Waals surface area contributed by atoms with Crippen molar-refractivity contribution in [1.82, 2.24) is 24.6 Å². The lowest BCUT2D eigenvalue weighted by atomic mass is 10.2. The molecule has 162 valence electrons. The SMILES string of the molecule is O=C(NCCn1ncc2c(=O)n(Cc3cccc([N+](=O)[O-])c3)cnc21)c1ccccc1Br. The third-order valence-corrected chi connectivity index (χ3v) is 5.52. The van der Waals surface area contributed by atoms with E-state index in [9.17, 15) is 19.7 Å². The van der Waals surface area contributed by atoms with Crippen molar-refractivity contribution in [2.75, 3.05) is 6.54 Å². The first kappa shape index (κ1) is 21.4. The third-order valence-electron chi connectivity index (χ3n) is 4.82. The average Bonchev–Trinajstić information content (AvgIpc) is 3.20. The molecule has 0 fully saturated rings. The number of nitro groups is 1. The van der Waals surface area contributed by atoms with Gasteiger partial charge in [0.25, 0.3) is 17.2 Å². The minimum atomic E-state index is -0.479. The second-order valence-corrected chi connectivity index (χ2v) is 7.80. The van der Waals surface area contributed by atoms with Crippen LogP contribution in [0.1, 0.15) is 15.9 Å². The van der Waals surface area contributed by atoms with Crippen molar-refractivity contribution in [3.63, 3.8) is 0 Å².